The minimum absolute atomic E-state index is 0.0618. The van der Waals surface area contributed by atoms with Gasteiger partial charge in [-0.2, -0.15) is 5.10 Å². The van der Waals surface area contributed by atoms with Crippen LogP contribution in [0, 0.1) is 5.41 Å². The molecule has 25 heavy (non-hydrogen) atoms. The van der Waals surface area contributed by atoms with Gasteiger partial charge in [0.15, 0.2) is 0 Å². The zero-order chi connectivity index (χ0) is 18.3. The monoisotopic (exact) mass is 342 g/mol. The van der Waals surface area contributed by atoms with Crippen LogP contribution in [0.1, 0.15) is 32.8 Å². The Morgan fingerprint density at radius 1 is 1.12 bits per heavy atom. The minimum Gasteiger partial charge on any atom is -0.355 e. The molecule has 0 aliphatic heterocycles. The number of benzene rings is 1. The van der Waals surface area contributed by atoms with Crippen LogP contribution < -0.4 is 10.6 Å². The molecule has 1 aromatic carbocycles. The van der Waals surface area contributed by atoms with E-state index in [0.29, 0.717) is 18.9 Å². The highest BCUT2D eigenvalue weighted by Gasteiger charge is 2.20. The molecule has 0 saturated carbocycles. The van der Waals surface area contributed by atoms with Crippen molar-refractivity contribution >= 4 is 17.6 Å². The molecule has 0 atom stereocenters. The van der Waals surface area contributed by atoms with Gasteiger partial charge in [-0.25, -0.2) is 4.68 Å². The summed E-state index contributed by atoms with van der Waals surface area (Å²) in [6.07, 6.45) is 2.74. The van der Waals surface area contributed by atoms with E-state index in [1.807, 2.05) is 39.0 Å². The van der Waals surface area contributed by atoms with Crippen molar-refractivity contribution in [3.8, 4) is 0 Å². The highest BCUT2D eigenvalue weighted by Crippen LogP contribution is 2.12. The molecule has 0 saturated heterocycles. The topological polar surface area (TPSA) is 76.0 Å². The molecule has 0 bridgehead atoms. The summed E-state index contributed by atoms with van der Waals surface area (Å²) in [5.74, 6) is 0.465. The lowest BCUT2D eigenvalue weighted by molar-refractivity contribution is -0.128. The lowest BCUT2D eigenvalue weighted by Gasteiger charge is -2.17. The van der Waals surface area contributed by atoms with E-state index < -0.39 is 5.41 Å². The van der Waals surface area contributed by atoms with Crippen molar-refractivity contribution in [2.45, 2.75) is 40.2 Å². The van der Waals surface area contributed by atoms with Crippen LogP contribution in [0.25, 0.3) is 0 Å². The summed E-state index contributed by atoms with van der Waals surface area (Å²) < 4.78 is 1.78. The fourth-order valence-electron chi connectivity index (χ4n) is 2.26. The molecular formula is C19H26N4O2. The van der Waals surface area contributed by atoms with Gasteiger partial charge >= 0.3 is 0 Å². The Labute approximate surface area is 148 Å². The zero-order valence-electron chi connectivity index (χ0n) is 15.1. The Bertz CT molecular complexity index is 702. The van der Waals surface area contributed by atoms with Gasteiger partial charge in [0.1, 0.15) is 5.82 Å². The molecule has 2 rings (SSSR count). The predicted molar refractivity (Wildman–Crippen MR) is 98.1 cm³/mol. The van der Waals surface area contributed by atoms with Crippen LogP contribution in [0.3, 0.4) is 0 Å². The lowest BCUT2D eigenvalue weighted by Crippen LogP contribution is -2.36. The van der Waals surface area contributed by atoms with E-state index in [9.17, 15) is 9.59 Å². The maximum Gasteiger partial charge on any atom is 0.227 e. The van der Waals surface area contributed by atoms with Crippen molar-refractivity contribution in [2.75, 3.05) is 11.9 Å². The van der Waals surface area contributed by atoms with Gasteiger partial charge < -0.3 is 10.6 Å². The third kappa shape index (κ3) is 6.06. The lowest BCUT2D eigenvalue weighted by atomic mass is 9.96. The van der Waals surface area contributed by atoms with Crippen molar-refractivity contribution in [1.82, 2.24) is 15.1 Å². The first kappa shape index (κ1) is 18.7. The Balaban J connectivity index is 1.80. The number of nitrogens with zero attached hydrogens (tertiary/aromatic N) is 2. The molecule has 0 spiro atoms. The normalized spacial score (nSPS) is 11.2. The number of carbonyl (C=O) groups is 2. The number of aromatic nitrogens is 2. The van der Waals surface area contributed by atoms with Crippen LogP contribution in [0.4, 0.5) is 5.82 Å². The van der Waals surface area contributed by atoms with E-state index in [-0.39, 0.29) is 18.2 Å². The first-order valence-electron chi connectivity index (χ1n) is 8.50. The maximum absolute atomic E-state index is 12.1. The number of anilines is 1. The van der Waals surface area contributed by atoms with Crippen molar-refractivity contribution in [1.29, 1.82) is 0 Å². The summed E-state index contributed by atoms with van der Waals surface area (Å²) in [4.78, 5) is 23.8. The first-order chi connectivity index (χ1) is 11.9. The molecule has 2 aromatic rings. The highest BCUT2D eigenvalue weighted by atomic mass is 16.2. The van der Waals surface area contributed by atoms with Gasteiger partial charge in [0, 0.05) is 31.0 Å². The van der Waals surface area contributed by atoms with Crippen molar-refractivity contribution in [3.05, 3.63) is 48.2 Å². The number of amides is 2. The number of rotatable bonds is 7. The molecule has 2 N–H and O–H groups in total. The number of nitrogens with one attached hydrogen (secondary N) is 2. The molecule has 1 aromatic heterocycles. The SMILES string of the molecule is CC(C)(C)C(=O)NCCC(=O)Nc1ccnn1CCc1ccccc1. The third-order valence-corrected chi connectivity index (χ3v) is 3.76. The van der Waals surface area contributed by atoms with Gasteiger partial charge in [-0.3, -0.25) is 9.59 Å². The van der Waals surface area contributed by atoms with E-state index in [4.69, 9.17) is 0 Å². The fraction of sp³-hybridized carbons (Fsp3) is 0.421. The first-order valence-corrected chi connectivity index (χ1v) is 8.50. The van der Waals surface area contributed by atoms with E-state index in [1.54, 1.807) is 16.9 Å². The van der Waals surface area contributed by atoms with Crippen LogP contribution >= 0.6 is 0 Å². The molecule has 0 radical (unpaired) electrons. The second-order valence-electron chi connectivity index (χ2n) is 6.98. The Hall–Kier alpha value is -2.63. The highest BCUT2D eigenvalue weighted by molar-refractivity contribution is 5.90. The molecule has 0 aliphatic carbocycles. The standard InChI is InChI=1S/C19H26N4O2/c1-19(2,3)18(25)20-12-10-17(24)22-16-9-13-21-23(16)14-11-15-7-5-4-6-8-15/h4-9,13H,10-12,14H2,1-3H3,(H,20,25)(H,22,24). The van der Waals surface area contributed by atoms with Gasteiger partial charge in [0.05, 0.1) is 6.20 Å². The van der Waals surface area contributed by atoms with Crippen LogP contribution in [0.15, 0.2) is 42.6 Å². The molecule has 6 nitrogen and oxygen atoms in total. The van der Waals surface area contributed by atoms with Crippen molar-refractivity contribution in [3.63, 3.8) is 0 Å². The summed E-state index contributed by atoms with van der Waals surface area (Å²) in [6.45, 7) is 6.53. The Morgan fingerprint density at radius 3 is 2.52 bits per heavy atom. The van der Waals surface area contributed by atoms with Crippen molar-refractivity contribution in [2.24, 2.45) is 5.41 Å². The fourth-order valence-corrected chi connectivity index (χ4v) is 2.26. The molecule has 1 heterocycles. The second kappa shape index (κ2) is 8.46. The van der Waals surface area contributed by atoms with Crippen LogP contribution in [-0.2, 0) is 22.6 Å². The predicted octanol–water partition coefficient (Wildman–Crippen LogP) is 2.62. The number of aryl methyl sites for hydroxylation is 2. The molecular weight excluding hydrogens is 316 g/mol. The van der Waals surface area contributed by atoms with E-state index in [0.717, 1.165) is 6.42 Å². The van der Waals surface area contributed by atoms with Crippen LogP contribution in [-0.4, -0.2) is 28.1 Å². The number of hydrogen-bond donors (Lipinski definition) is 2. The summed E-state index contributed by atoms with van der Waals surface area (Å²) >= 11 is 0. The van der Waals surface area contributed by atoms with Crippen LogP contribution in [0.5, 0.6) is 0 Å². The van der Waals surface area contributed by atoms with Crippen molar-refractivity contribution < 1.29 is 9.59 Å². The largest absolute Gasteiger partial charge is 0.355 e. The van der Waals surface area contributed by atoms with Gasteiger partial charge in [-0.15, -0.1) is 0 Å². The van der Waals surface area contributed by atoms with Gasteiger partial charge in [0.2, 0.25) is 11.8 Å². The molecule has 134 valence electrons. The molecule has 0 unspecified atom stereocenters. The summed E-state index contributed by atoms with van der Waals surface area (Å²) in [6, 6.07) is 11.9. The van der Waals surface area contributed by atoms with E-state index in [1.165, 1.54) is 5.56 Å². The van der Waals surface area contributed by atoms with E-state index >= 15 is 0 Å². The molecule has 0 fully saturated rings. The Morgan fingerprint density at radius 2 is 1.84 bits per heavy atom. The second-order valence-corrected chi connectivity index (χ2v) is 6.98. The van der Waals surface area contributed by atoms with Gasteiger partial charge in [-0.05, 0) is 12.0 Å². The molecule has 0 aliphatic rings. The maximum atomic E-state index is 12.1. The van der Waals surface area contributed by atoms with Crippen LogP contribution in [0.2, 0.25) is 0 Å². The Kier molecular flexibility index (Phi) is 6.33. The summed E-state index contributed by atoms with van der Waals surface area (Å²) in [5, 5.41) is 9.88. The molecule has 6 heteroatoms. The van der Waals surface area contributed by atoms with Gasteiger partial charge in [0.25, 0.3) is 0 Å². The number of carbonyl (C=O) groups excluding carboxylic acids is 2. The average Bonchev–Trinajstić information content (AvgIpc) is 3.00. The quantitative estimate of drug-likeness (QED) is 0.812. The van der Waals surface area contributed by atoms with Gasteiger partial charge in [-0.1, -0.05) is 51.1 Å². The minimum atomic E-state index is -0.452. The third-order valence-electron chi connectivity index (χ3n) is 3.76. The smallest absolute Gasteiger partial charge is 0.227 e. The summed E-state index contributed by atoms with van der Waals surface area (Å²) in [7, 11) is 0. The van der Waals surface area contributed by atoms with E-state index in [2.05, 4.69) is 27.9 Å². The average molecular weight is 342 g/mol. The molecule has 2 amide bonds. The number of hydrogen-bond acceptors (Lipinski definition) is 3. The zero-order valence-corrected chi connectivity index (χ0v) is 15.1. The summed E-state index contributed by atoms with van der Waals surface area (Å²) in [5.41, 5.74) is 0.771.